The number of rotatable bonds is 4. The minimum Gasteiger partial charge on any atom is -0.397 e. The maximum absolute atomic E-state index is 12.3. The predicted octanol–water partition coefficient (Wildman–Crippen LogP) is 3.23. The standard InChI is InChI=1S/C14H20BrF2N3O/c1-8-12(18)7-11(15)13(19-8)20(2)9-3-5-10(6-4-9)21-14(16)17/h7,9-10,14H,3-6,18H2,1-2H3/p+1. The zero-order valence-electron chi connectivity index (χ0n) is 12.2. The first kappa shape index (κ1) is 16.4. The fourth-order valence-corrected chi connectivity index (χ4v) is 3.37. The van der Waals surface area contributed by atoms with E-state index in [1.165, 1.54) is 0 Å². The fraction of sp³-hybridized carbons (Fsp3) is 0.643. The maximum Gasteiger partial charge on any atom is 0.459 e. The lowest BCUT2D eigenvalue weighted by Gasteiger charge is -2.34. The Balaban J connectivity index is 2.02. The highest BCUT2D eigenvalue weighted by Gasteiger charge is 2.30. The minimum absolute atomic E-state index is 0.209. The average molecular weight is 365 g/mol. The molecule has 0 spiro atoms. The molecule has 0 bridgehead atoms. The van der Waals surface area contributed by atoms with Gasteiger partial charge in [-0.3, -0.25) is 0 Å². The van der Waals surface area contributed by atoms with Gasteiger partial charge in [-0.1, -0.05) is 0 Å². The number of hydrogen-bond donors (Lipinski definition) is 1. The summed E-state index contributed by atoms with van der Waals surface area (Å²) in [7, 11) is 1.98. The van der Waals surface area contributed by atoms with Gasteiger partial charge >= 0.3 is 6.61 Å². The predicted molar refractivity (Wildman–Crippen MR) is 83.8 cm³/mol. The van der Waals surface area contributed by atoms with Crippen LogP contribution in [0.15, 0.2) is 10.5 Å². The minimum atomic E-state index is -2.56. The molecule has 7 heteroatoms. The summed E-state index contributed by atoms with van der Waals surface area (Å²) in [6.07, 6.45) is 2.87. The Bertz CT molecular complexity index is 493. The van der Waals surface area contributed by atoms with Crippen LogP contribution in [-0.4, -0.2) is 35.5 Å². The first-order valence-corrected chi connectivity index (χ1v) is 7.81. The number of ether oxygens (including phenoxy) is 1. The van der Waals surface area contributed by atoms with E-state index in [1.54, 1.807) is 0 Å². The molecule has 0 atom stereocenters. The Morgan fingerprint density at radius 3 is 2.57 bits per heavy atom. The number of hydrogen-bond acceptors (Lipinski definition) is 3. The van der Waals surface area contributed by atoms with Crippen LogP contribution >= 0.6 is 15.9 Å². The number of alkyl halides is 2. The summed E-state index contributed by atoms with van der Waals surface area (Å²) in [5.74, 6) is 0.843. The van der Waals surface area contributed by atoms with Crippen LogP contribution < -0.4 is 10.6 Å². The summed E-state index contributed by atoms with van der Waals surface area (Å²) in [6.45, 7) is -0.683. The molecule has 3 N–H and O–H groups in total. The Morgan fingerprint density at radius 2 is 2.00 bits per heavy atom. The van der Waals surface area contributed by atoms with E-state index in [-0.39, 0.29) is 6.10 Å². The van der Waals surface area contributed by atoms with E-state index in [4.69, 9.17) is 5.73 Å². The van der Waals surface area contributed by atoms with Gasteiger partial charge in [0.1, 0.15) is 5.82 Å². The number of aromatic nitrogens is 1. The van der Waals surface area contributed by atoms with E-state index in [9.17, 15) is 8.78 Å². The molecule has 0 aromatic carbocycles. The Labute approximate surface area is 131 Å². The number of anilines is 2. The molecule has 0 radical (unpaired) electrons. The van der Waals surface area contributed by atoms with Crippen molar-refractivity contribution in [1.82, 2.24) is 4.98 Å². The van der Waals surface area contributed by atoms with Crippen LogP contribution in [0, 0.1) is 6.92 Å². The third kappa shape index (κ3) is 4.03. The first-order valence-electron chi connectivity index (χ1n) is 7.02. The summed E-state index contributed by atoms with van der Waals surface area (Å²) in [6, 6.07) is 2.15. The topological polar surface area (TPSA) is 55.0 Å². The molecule has 4 nitrogen and oxygen atoms in total. The van der Waals surface area contributed by atoms with Gasteiger partial charge in [0.05, 0.1) is 15.9 Å². The van der Waals surface area contributed by atoms with E-state index in [2.05, 4.69) is 30.6 Å². The molecule has 1 heterocycles. The monoisotopic (exact) mass is 364 g/mol. The van der Waals surface area contributed by atoms with Crippen molar-refractivity contribution in [3.63, 3.8) is 0 Å². The van der Waals surface area contributed by atoms with Crippen molar-refractivity contribution >= 4 is 27.4 Å². The quantitative estimate of drug-likeness (QED) is 0.834. The molecule has 118 valence electrons. The summed E-state index contributed by atoms with van der Waals surface area (Å²) in [4.78, 5) is 6.63. The SMILES string of the molecule is Cc1nc(N(C)C2CCC([OH+]C(F)F)CC2)c(Br)cc1N. The normalized spacial score (nSPS) is 22.6. The number of aryl methyl sites for hydroxylation is 1. The zero-order valence-corrected chi connectivity index (χ0v) is 13.8. The summed E-state index contributed by atoms with van der Waals surface area (Å²) in [5.41, 5.74) is 7.28. The van der Waals surface area contributed by atoms with Crippen LogP contribution in [0.2, 0.25) is 0 Å². The fourth-order valence-electron chi connectivity index (χ4n) is 2.76. The van der Waals surface area contributed by atoms with E-state index in [1.807, 2.05) is 20.0 Å². The van der Waals surface area contributed by atoms with Gasteiger partial charge in [0.15, 0.2) is 6.10 Å². The smallest absolute Gasteiger partial charge is 0.397 e. The first-order chi connectivity index (χ1) is 9.88. The molecule has 1 fully saturated rings. The largest absolute Gasteiger partial charge is 0.459 e. The molecule has 0 unspecified atom stereocenters. The van der Waals surface area contributed by atoms with Gasteiger partial charge in [0.2, 0.25) is 0 Å². The number of aliphatic hydroxyl groups is 2. The van der Waals surface area contributed by atoms with Crippen LogP contribution in [-0.2, 0) is 0 Å². The van der Waals surface area contributed by atoms with Gasteiger partial charge < -0.3 is 15.4 Å². The van der Waals surface area contributed by atoms with Crippen molar-refractivity contribution in [3.05, 3.63) is 16.2 Å². The average Bonchev–Trinajstić information content (AvgIpc) is 2.42. The Kier molecular flexibility index (Phi) is 5.37. The zero-order chi connectivity index (χ0) is 15.6. The van der Waals surface area contributed by atoms with Crippen molar-refractivity contribution in [1.29, 1.82) is 0 Å². The molecule has 1 aliphatic carbocycles. The highest BCUT2D eigenvalue weighted by atomic mass is 79.9. The molecule has 1 aromatic heterocycles. The molecular formula is C14H21BrF2N3O+. The van der Waals surface area contributed by atoms with Gasteiger partial charge in [-0.25, -0.2) is 4.98 Å². The van der Waals surface area contributed by atoms with Gasteiger partial charge in [0.25, 0.3) is 0 Å². The molecule has 0 amide bonds. The lowest BCUT2D eigenvalue weighted by molar-refractivity contribution is -0.279. The van der Waals surface area contributed by atoms with E-state index in [0.29, 0.717) is 24.6 Å². The van der Waals surface area contributed by atoms with Crippen molar-refractivity contribution in [3.8, 4) is 0 Å². The second-order valence-corrected chi connectivity index (χ2v) is 6.32. The van der Waals surface area contributed by atoms with Crippen molar-refractivity contribution in [2.45, 2.75) is 51.4 Å². The second kappa shape index (κ2) is 6.87. The summed E-state index contributed by atoms with van der Waals surface area (Å²) in [5, 5.41) is 0. The molecule has 2 rings (SSSR count). The highest BCUT2D eigenvalue weighted by molar-refractivity contribution is 9.10. The molecule has 0 saturated heterocycles. The number of nitrogens with zero attached hydrogens (tertiary/aromatic N) is 2. The van der Waals surface area contributed by atoms with Crippen molar-refractivity contribution < 1.29 is 13.5 Å². The summed E-state index contributed by atoms with van der Waals surface area (Å²) < 4.78 is 28.8. The van der Waals surface area contributed by atoms with Crippen molar-refractivity contribution in [2.75, 3.05) is 17.7 Å². The second-order valence-electron chi connectivity index (χ2n) is 5.47. The molecule has 1 aliphatic rings. The number of halogens is 3. The van der Waals surface area contributed by atoms with Crippen LogP contribution in [0.4, 0.5) is 20.3 Å². The number of pyridine rings is 1. The van der Waals surface area contributed by atoms with Crippen LogP contribution in [0.5, 0.6) is 0 Å². The van der Waals surface area contributed by atoms with E-state index in [0.717, 1.165) is 28.8 Å². The molecular weight excluding hydrogens is 344 g/mol. The lowest BCUT2D eigenvalue weighted by Crippen LogP contribution is -2.39. The maximum atomic E-state index is 12.3. The van der Waals surface area contributed by atoms with Gasteiger partial charge in [0, 0.05) is 25.9 Å². The van der Waals surface area contributed by atoms with Gasteiger partial charge in [-0.15, -0.1) is 8.78 Å². The molecule has 1 aromatic rings. The van der Waals surface area contributed by atoms with Gasteiger partial charge in [-0.05, 0) is 41.8 Å². The lowest BCUT2D eigenvalue weighted by atomic mass is 9.92. The van der Waals surface area contributed by atoms with Crippen LogP contribution in [0.25, 0.3) is 0 Å². The molecule has 21 heavy (non-hydrogen) atoms. The third-order valence-electron chi connectivity index (χ3n) is 4.06. The summed E-state index contributed by atoms with van der Waals surface area (Å²) >= 11 is 3.49. The number of nitrogen functional groups attached to an aromatic ring is 1. The van der Waals surface area contributed by atoms with E-state index >= 15 is 0 Å². The number of nitrogens with two attached hydrogens (primary N) is 1. The van der Waals surface area contributed by atoms with Crippen LogP contribution in [0.1, 0.15) is 31.4 Å². The Morgan fingerprint density at radius 1 is 1.38 bits per heavy atom. The highest BCUT2D eigenvalue weighted by Crippen LogP contribution is 2.32. The molecule has 0 aliphatic heterocycles. The third-order valence-corrected chi connectivity index (χ3v) is 4.64. The van der Waals surface area contributed by atoms with E-state index < -0.39 is 6.61 Å². The van der Waals surface area contributed by atoms with Gasteiger partial charge in [-0.2, -0.15) is 0 Å². The van der Waals surface area contributed by atoms with Crippen LogP contribution in [0.3, 0.4) is 0 Å². The van der Waals surface area contributed by atoms with Crippen molar-refractivity contribution in [2.24, 2.45) is 0 Å². The Hall–Kier alpha value is -0.950. The molecule has 1 saturated carbocycles.